The molecule has 2 heterocycles. The summed E-state index contributed by atoms with van der Waals surface area (Å²) in [4.78, 5) is 6.95. The van der Waals surface area contributed by atoms with Crippen LogP contribution in [0.2, 0.25) is 0 Å². The van der Waals surface area contributed by atoms with Crippen molar-refractivity contribution in [1.82, 2.24) is 4.98 Å². The highest BCUT2D eigenvalue weighted by molar-refractivity contribution is 5.46. The number of rotatable bonds is 2. The van der Waals surface area contributed by atoms with Crippen molar-refractivity contribution in [1.29, 1.82) is 0 Å². The van der Waals surface area contributed by atoms with Crippen LogP contribution in [0.3, 0.4) is 0 Å². The molecule has 1 saturated heterocycles. The van der Waals surface area contributed by atoms with Gasteiger partial charge in [-0.05, 0) is 44.2 Å². The first kappa shape index (κ1) is 13.3. The normalized spacial score (nSPS) is 30.3. The molecule has 0 radical (unpaired) electrons. The second-order valence-electron chi connectivity index (χ2n) is 5.94. The molecule has 1 aromatic rings. The molecule has 100 valence electrons. The quantitative estimate of drug-likeness (QED) is 0.873. The van der Waals surface area contributed by atoms with Crippen molar-refractivity contribution in [3.63, 3.8) is 0 Å². The molecule has 0 amide bonds. The van der Waals surface area contributed by atoms with E-state index in [1.165, 1.54) is 12.1 Å². The van der Waals surface area contributed by atoms with Gasteiger partial charge < -0.3 is 10.6 Å². The lowest BCUT2D eigenvalue weighted by molar-refractivity contribution is 0.297. The lowest BCUT2D eigenvalue weighted by Gasteiger charge is -2.42. The maximum atomic E-state index is 5.84. The van der Waals surface area contributed by atoms with Crippen molar-refractivity contribution >= 4 is 5.69 Å². The number of aromatic nitrogens is 1. The Morgan fingerprint density at radius 1 is 1.33 bits per heavy atom. The summed E-state index contributed by atoms with van der Waals surface area (Å²) in [7, 11) is 0. The van der Waals surface area contributed by atoms with Crippen molar-refractivity contribution < 1.29 is 0 Å². The first-order chi connectivity index (χ1) is 8.49. The topological polar surface area (TPSA) is 42.1 Å². The van der Waals surface area contributed by atoms with Crippen LogP contribution in [0.5, 0.6) is 0 Å². The van der Waals surface area contributed by atoms with Crippen LogP contribution in [0.4, 0.5) is 5.69 Å². The summed E-state index contributed by atoms with van der Waals surface area (Å²) in [5.41, 5.74) is 8.03. The van der Waals surface area contributed by atoms with Gasteiger partial charge in [-0.2, -0.15) is 0 Å². The van der Waals surface area contributed by atoms with Crippen LogP contribution in [0.15, 0.2) is 18.3 Å². The minimum Gasteiger partial charge on any atom is -0.367 e. The van der Waals surface area contributed by atoms with Crippen molar-refractivity contribution in [2.75, 3.05) is 11.4 Å². The molecule has 4 atom stereocenters. The molecule has 2 N–H and O–H groups in total. The van der Waals surface area contributed by atoms with Gasteiger partial charge in [0, 0.05) is 18.6 Å². The van der Waals surface area contributed by atoms with E-state index in [0.717, 1.165) is 24.1 Å². The molecule has 3 nitrogen and oxygen atoms in total. The highest BCUT2D eigenvalue weighted by Gasteiger charge is 2.28. The van der Waals surface area contributed by atoms with Crippen molar-refractivity contribution in [2.24, 2.45) is 17.6 Å². The Balaban J connectivity index is 2.19. The van der Waals surface area contributed by atoms with Gasteiger partial charge in [-0.25, -0.2) is 0 Å². The minimum atomic E-state index is 0.00989. The fourth-order valence-corrected chi connectivity index (χ4v) is 2.89. The van der Waals surface area contributed by atoms with Crippen molar-refractivity contribution in [2.45, 2.75) is 46.2 Å². The molecule has 3 unspecified atom stereocenters. The number of anilines is 1. The Kier molecular flexibility index (Phi) is 3.91. The molecular formula is C15H25N3. The van der Waals surface area contributed by atoms with Gasteiger partial charge in [-0.15, -0.1) is 0 Å². The van der Waals surface area contributed by atoms with Gasteiger partial charge in [0.15, 0.2) is 0 Å². The zero-order valence-corrected chi connectivity index (χ0v) is 11.9. The molecular weight excluding hydrogens is 222 g/mol. The first-order valence-corrected chi connectivity index (χ1v) is 6.97. The van der Waals surface area contributed by atoms with E-state index in [0.29, 0.717) is 6.04 Å². The summed E-state index contributed by atoms with van der Waals surface area (Å²) in [6, 6.07) is 4.81. The zero-order chi connectivity index (χ0) is 13.3. The number of hydrogen-bond donors (Lipinski definition) is 1. The monoisotopic (exact) mass is 247 g/mol. The van der Waals surface area contributed by atoms with Crippen LogP contribution < -0.4 is 10.6 Å². The van der Waals surface area contributed by atoms with Gasteiger partial charge in [0.2, 0.25) is 0 Å². The van der Waals surface area contributed by atoms with E-state index in [2.05, 4.69) is 42.8 Å². The molecule has 0 saturated carbocycles. The Labute approximate surface area is 110 Å². The number of piperidine rings is 1. The molecule has 0 aliphatic carbocycles. The van der Waals surface area contributed by atoms with E-state index in [1.807, 2.05) is 13.1 Å². The number of pyridine rings is 1. The maximum Gasteiger partial charge on any atom is 0.0569 e. The fraction of sp³-hybridized carbons (Fsp3) is 0.667. The number of nitrogens with zero attached hydrogens (tertiary/aromatic N) is 2. The van der Waals surface area contributed by atoms with Crippen LogP contribution in [-0.4, -0.2) is 17.6 Å². The smallest absolute Gasteiger partial charge is 0.0569 e. The summed E-state index contributed by atoms with van der Waals surface area (Å²) in [5, 5.41) is 0. The molecule has 1 aliphatic heterocycles. The lowest BCUT2D eigenvalue weighted by atomic mass is 9.86. The standard InChI is InChI=1S/C15H25N3/c1-10-7-11(2)13(4)18(9-10)14-5-6-15(12(3)16)17-8-14/h5-6,8,10-13H,7,9,16H2,1-4H3/t10?,11?,12-,13?/m0/s1. The van der Waals surface area contributed by atoms with Crippen LogP contribution in [0.25, 0.3) is 0 Å². The molecule has 18 heavy (non-hydrogen) atoms. The van der Waals surface area contributed by atoms with E-state index >= 15 is 0 Å². The summed E-state index contributed by atoms with van der Waals surface area (Å²) < 4.78 is 0. The Morgan fingerprint density at radius 2 is 2.06 bits per heavy atom. The molecule has 1 aromatic heterocycles. The Morgan fingerprint density at radius 3 is 2.61 bits per heavy atom. The summed E-state index contributed by atoms with van der Waals surface area (Å²) >= 11 is 0. The average Bonchev–Trinajstić information content (AvgIpc) is 2.34. The second kappa shape index (κ2) is 5.27. The fourth-order valence-electron chi connectivity index (χ4n) is 2.89. The predicted molar refractivity (Wildman–Crippen MR) is 76.6 cm³/mol. The maximum absolute atomic E-state index is 5.84. The van der Waals surface area contributed by atoms with Crippen molar-refractivity contribution in [3.05, 3.63) is 24.0 Å². The van der Waals surface area contributed by atoms with Gasteiger partial charge in [0.05, 0.1) is 17.6 Å². The minimum absolute atomic E-state index is 0.00989. The molecule has 3 heteroatoms. The summed E-state index contributed by atoms with van der Waals surface area (Å²) in [6.07, 6.45) is 3.29. The second-order valence-corrected chi connectivity index (χ2v) is 5.94. The third-order valence-electron chi connectivity index (χ3n) is 4.17. The summed E-state index contributed by atoms with van der Waals surface area (Å²) in [5.74, 6) is 1.49. The van der Waals surface area contributed by atoms with E-state index in [4.69, 9.17) is 5.73 Å². The van der Waals surface area contributed by atoms with Gasteiger partial charge in [0.1, 0.15) is 0 Å². The lowest BCUT2D eigenvalue weighted by Crippen LogP contribution is -2.45. The molecule has 0 aromatic carbocycles. The summed E-state index contributed by atoms with van der Waals surface area (Å²) in [6.45, 7) is 10.1. The highest BCUT2D eigenvalue weighted by atomic mass is 15.2. The van der Waals surface area contributed by atoms with Crippen LogP contribution >= 0.6 is 0 Å². The number of hydrogen-bond acceptors (Lipinski definition) is 3. The first-order valence-electron chi connectivity index (χ1n) is 6.97. The highest BCUT2D eigenvalue weighted by Crippen LogP contribution is 2.31. The van der Waals surface area contributed by atoms with Gasteiger partial charge in [-0.1, -0.05) is 13.8 Å². The Bertz CT molecular complexity index is 385. The largest absolute Gasteiger partial charge is 0.367 e. The molecule has 1 aliphatic rings. The zero-order valence-electron chi connectivity index (χ0n) is 11.9. The molecule has 0 spiro atoms. The van der Waals surface area contributed by atoms with E-state index in [9.17, 15) is 0 Å². The third-order valence-corrected chi connectivity index (χ3v) is 4.17. The molecule has 2 rings (SSSR count). The number of nitrogens with two attached hydrogens (primary N) is 1. The van der Waals surface area contributed by atoms with E-state index in [-0.39, 0.29) is 6.04 Å². The van der Waals surface area contributed by atoms with E-state index in [1.54, 1.807) is 0 Å². The van der Waals surface area contributed by atoms with Gasteiger partial charge in [0.25, 0.3) is 0 Å². The average molecular weight is 247 g/mol. The predicted octanol–water partition coefficient (Wildman–Crippen LogP) is 2.97. The van der Waals surface area contributed by atoms with Gasteiger partial charge >= 0.3 is 0 Å². The SMILES string of the molecule is CC1CC(C)C(C)N(c2ccc([C@H](C)N)nc2)C1. The van der Waals surface area contributed by atoms with Crippen LogP contribution in [0.1, 0.15) is 45.9 Å². The van der Waals surface area contributed by atoms with Crippen LogP contribution in [0, 0.1) is 11.8 Å². The van der Waals surface area contributed by atoms with Crippen molar-refractivity contribution in [3.8, 4) is 0 Å². The molecule has 0 bridgehead atoms. The third kappa shape index (κ3) is 2.66. The van der Waals surface area contributed by atoms with Crippen LogP contribution in [-0.2, 0) is 0 Å². The van der Waals surface area contributed by atoms with E-state index < -0.39 is 0 Å². The molecule has 1 fully saturated rings. The van der Waals surface area contributed by atoms with Gasteiger partial charge in [-0.3, -0.25) is 4.98 Å². The Hall–Kier alpha value is -1.09.